The molecule has 1 aromatic carbocycles. The number of benzene rings is 1. The summed E-state index contributed by atoms with van der Waals surface area (Å²) in [7, 11) is 0. The van der Waals surface area contributed by atoms with E-state index < -0.39 is 0 Å². The van der Waals surface area contributed by atoms with Crippen molar-refractivity contribution in [3.05, 3.63) is 41.7 Å². The van der Waals surface area contributed by atoms with Gasteiger partial charge in [0.2, 0.25) is 0 Å². The Labute approximate surface area is 144 Å². The first kappa shape index (κ1) is 15.9. The van der Waals surface area contributed by atoms with Gasteiger partial charge in [0.05, 0.1) is 5.69 Å². The summed E-state index contributed by atoms with van der Waals surface area (Å²) in [5, 5.41) is 0. The van der Waals surface area contributed by atoms with E-state index in [2.05, 4.69) is 46.0 Å². The molecule has 2 heterocycles. The lowest BCUT2D eigenvalue weighted by molar-refractivity contribution is 0.0929. The van der Waals surface area contributed by atoms with E-state index in [0.29, 0.717) is 0 Å². The molecule has 2 aromatic rings. The largest absolute Gasteiger partial charge is 0.342 e. The van der Waals surface area contributed by atoms with Crippen LogP contribution in [0.4, 0.5) is 0 Å². The molecule has 1 saturated carbocycles. The van der Waals surface area contributed by atoms with E-state index in [1.165, 1.54) is 63.3 Å². The highest BCUT2D eigenvalue weighted by atomic mass is 15.3. The molecule has 1 aromatic heterocycles. The lowest BCUT2D eigenvalue weighted by atomic mass is 10.1. The van der Waals surface area contributed by atoms with Crippen LogP contribution in [0.5, 0.6) is 0 Å². The van der Waals surface area contributed by atoms with E-state index in [1.54, 1.807) is 0 Å². The first-order chi connectivity index (χ1) is 11.8. The SMILES string of the molecule is Cc1[nH]c(-c2ccccc2)nc1CN1CCN(C2CCCC2)CC1. The van der Waals surface area contributed by atoms with Gasteiger partial charge in [-0.05, 0) is 19.8 Å². The maximum atomic E-state index is 4.86. The van der Waals surface area contributed by atoms with Gasteiger partial charge < -0.3 is 4.98 Å². The maximum absolute atomic E-state index is 4.86. The van der Waals surface area contributed by atoms with E-state index >= 15 is 0 Å². The van der Waals surface area contributed by atoms with E-state index in [4.69, 9.17) is 4.98 Å². The Morgan fingerprint density at radius 3 is 2.46 bits per heavy atom. The van der Waals surface area contributed by atoms with Crippen LogP contribution in [0.15, 0.2) is 30.3 Å². The maximum Gasteiger partial charge on any atom is 0.137 e. The van der Waals surface area contributed by atoms with Crippen LogP contribution < -0.4 is 0 Å². The smallest absolute Gasteiger partial charge is 0.137 e. The number of piperazine rings is 1. The van der Waals surface area contributed by atoms with Crippen LogP contribution in [0.1, 0.15) is 37.1 Å². The summed E-state index contributed by atoms with van der Waals surface area (Å²) >= 11 is 0. The summed E-state index contributed by atoms with van der Waals surface area (Å²) in [6.07, 6.45) is 5.69. The van der Waals surface area contributed by atoms with Crippen molar-refractivity contribution in [1.82, 2.24) is 19.8 Å². The van der Waals surface area contributed by atoms with Crippen LogP contribution in [0.2, 0.25) is 0 Å². The number of nitrogens with one attached hydrogen (secondary N) is 1. The standard InChI is InChI=1S/C20H28N4/c1-16-19(22-20(21-16)17-7-3-2-4-8-17)15-23-11-13-24(14-12-23)18-9-5-6-10-18/h2-4,7-8,18H,5-6,9-15H2,1H3,(H,21,22). The highest BCUT2D eigenvalue weighted by molar-refractivity contribution is 5.55. The third kappa shape index (κ3) is 3.40. The topological polar surface area (TPSA) is 35.2 Å². The van der Waals surface area contributed by atoms with Gasteiger partial charge in [-0.2, -0.15) is 0 Å². The van der Waals surface area contributed by atoms with Crippen molar-refractivity contribution >= 4 is 0 Å². The van der Waals surface area contributed by atoms with Crippen LogP contribution in [0, 0.1) is 6.92 Å². The number of aryl methyl sites for hydroxylation is 1. The zero-order valence-electron chi connectivity index (χ0n) is 14.7. The van der Waals surface area contributed by atoms with E-state index in [9.17, 15) is 0 Å². The molecule has 128 valence electrons. The molecule has 0 bridgehead atoms. The Hall–Kier alpha value is -1.65. The molecule has 0 unspecified atom stereocenters. The predicted molar refractivity (Wildman–Crippen MR) is 97.9 cm³/mol. The van der Waals surface area contributed by atoms with Gasteiger partial charge in [-0.3, -0.25) is 9.80 Å². The number of rotatable bonds is 4. The van der Waals surface area contributed by atoms with Crippen LogP contribution in [-0.2, 0) is 6.54 Å². The van der Waals surface area contributed by atoms with Gasteiger partial charge in [-0.1, -0.05) is 43.2 Å². The monoisotopic (exact) mass is 324 g/mol. The molecule has 4 heteroatoms. The lowest BCUT2D eigenvalue weighted by Gasteiger charge is -2.37. The molecule has 2 fully saturated rings. The van der Waals surface area contributed by atoms with Crippen molar-refractivity contribution < 1.29 is 0 Å². The molecule has 1 aliphatic carbocycles. The summed E-state index contributed by atoms with van der Waals surface area (Å²) in [5.74, 6) is 0.993. The summed E-state index contributed by atoms with van der Waals surface area (Å²) in [4.78, 5) is 13.6. The average molecular weight is 324 g/mol. The molecule has 1 saturated heterocycles. The fourth-order valence-electron chi connectivity index (χ4n) is 4.15. The van der Waals surface area contributed by atoms with Gasteiger partial charge in [0.25, 0.3) is 0 Å². The summed E-state index contributed by atoms with van der Waals surface area (Å²) in [6.45, 7) is 7.89. The second kappa shape index (κ2) is 7.08. The minimum absolute atomic E-state index is 0.865. The van der Waals surface area contributed by atoms with Crippen molar-refractivity contribution in [2.45, 2.75) is 45.2 Å². The van der Waals surface area contributed by atoms with Crippen molar-refractivity contribution in [3.63, 3.8) is 0 Å². The fraction of sp³-hybridized carbons (Fsp3) is 0.550. The minimum Gasteiger partial charge on any atom is -0.342 e. The molecule has 0 atom stereocenters. The molecule has 0 spiro atoms. The molecule has 4 rings (SSSR count). The number of hydrogen-bond acceptors (Lipinski definition) is 3. The minimum atomic E-state index is 0.865. The van der Waals surface area contributed by atoms with Crippen molar-refractivity contribution in [3.8, 4) is 11.4 Å². The van der Waals surface area contributed by atoms with Crippen LogP contribution >= 0.6 is 0 Å². The summed E-state index contributed by atoms with van der Waals surface area (Å²) < 4.78 is 0. The molecule has 1 aliphatic heterocycles. The number of H-pyrrole nitrogens is 1. The van der Waals surface area contributed by atoms with Crippen LogP contribution in [-0.4, -0.2) is 52.0 Å². The van der Waals surface area contributed by atoms with Crippen molar-refractivity contribution in [1.29, 1.82) is 0 Å². The van der Waals surface area contributed by atoms with E-state index in [-0.39, 0.29) is 0 Å². The van der Waals surface area contributed by atoms with Gasteiger partial charge in [-0.15, -0.1) is 0 Å². The average Bonchev–Trinajstić information content (AvgIpc) is 3.27. The zero-order chi connectivity index (χ0) is 16.4. The van der Waals surface area contributed by atoms with Gasteiger partial charge in [-0.25, -0.2) is 4.98 Å². The Bertz CT molecular complexity index is 650. The highest BCUT2D eigenvalue weighted by Crippen LogP contribution is 2.25. The van der Waals surface area contributed by atoms with Crippen LogP contribution in [0.3, 0.4) is 0 Å². The third-order valence-corrected chi connectivity index (χ3v) is 5.65. The van der Waals surface area contributed by atoms with Gasteiger partial charge in [0.15, 0.2) is 0 Å². The predicted octanol–water partition coefficient (Wildman–Crippen LogP) is 3.45. The summed E-state index contributed by atoms with van der Waals surface area (Å²) in [5.41, 5.74) is 3.56. The summed E-state index contributed by atoms with van der Waals surface area (Å²) in [6, 6.07) is 11.3. The van der Waals surface area contributed by atoms with E-state index in [1.807, 2.05) is 6.07 Å². The normalized spacial score (nSPS) is 20.7. The molecular formula is C20H28N4. The second-order valence-corrected chi connectivity index (χ2v) is 7.27. The van der Waals surface area contributed by atoms with Gasteiger partial charge in [0, 0.05) is 50.0 Å². The highest BCUT2D eigenvalue weighted by Gasteiger charge is 2.26. The first-order valence-corrected chi connectivity index (χ1v) is 9.37. The molecule has 1 N–H and O–H groups in total. The van der Waals surface area contributed by atoms with Gasteiger partial charge >= 0.3 is 0 Å². The number of imidazole rings is 1. The Morgan fingerprint density at radius 1 is 1.04 bits per heavy atom. The number of nitrogens with zero attached hydrogens (tertiary/aromatic N) is 3. The molecule has 0 radical (unpaired) electrons. The molecule has 2 aliphatic rings. The first-order valence-electron chi connectivity index (χ1n) is 9.37. The molecular weight excluding hydrogens is 296 g/mol. The molecule has 4 nitrogen and oxygen atoms in total. The van der Waals surface area contributed by atoms with Crippen molar-refractivity contribution in [2.24, 2.45) is 0 Å². The molecule has 24 heavy (non-hydrogen) atoms. The lowest BCUT2D eigenvalue weighted by Crippen LogP contribution is -2.49. The Morgan fingerprint density at radius 2 is 1.75 bits per heavy atom. The van der Waals surface area contributed by atoms with E-state index in [0.717, 1.165) is 24.0 Å². The number of hydrogen-bond donors (Lipinski definition) is 1. The number of aromatic nitrogens is 2. The van der Waals surface area contributed by atoms with Crippen molar-refractivity contribution in [2.75, 3.05) is 26.2 Å². The number of aromatic amines is 1. The van der Waals surface area contributed by atoms with Crippen LogP contribution in [0.25, 0.3) is 11.4 Å². The Balaban J connectivity index is 1.37. The fourth-order valence-corrected chi connectivity index (χ4v) is 4.15. The quantitative estimate of drug-likeness (QED) is 0.935. The third-order valence-electron chi connectivity index (χ3n) is 5.65. The van der Waals surface area contributed by atoms with Gasteiger partial charge in [0.1, 0.15) is 5.82 Å². The zero-order valence-corrected chi connectivity index (χ0v) is 14.7. The second-order valence-electron chi connectivity index (χ2n) is 7.27. The Kier molecular flexibility index (Phi) is 4.67. The molecule has 0 amide bonds.